The molecule has 1 aliphatic carbocycles. The predicted molar refractivity (Wildman–Crippen MR) is 180 cm³/mol. The molecule has 1 saturated heterocycles. The number of ether oxygens (including phenoxy) is 1. The molecule has 12 heteroatoms. The van der Waals surface area contributed by atoms with Gasteiger partial charge in [0.25, 0.3) is 0 Å². The van der Waals surface area contributed by atoms with E-state index < -0.39 is 0 Å². The van der Waals surface area contributed by atoms with Gasteiger partial charge in [0.05, 0.1) is 36.4 Å². The molecule has 3 atom stereocenters. The molecule has 12 nitrogen and oxygen atoms in total. The molecule has 1 aromatic carbocycles. The molecule has 0 unspecified atom stereocenters. The van der Waals surface area contributed by atoms with Crippen LogP contribution in [0.4, 0.5) is 10.6 Å². The van der Waals surface area contributed by atoms with Crippen molar-refractivity contribution < 1.29 is 9.53 Å². The molecule has 2 N–H and O–H groups in total. The van der Waals surface area contributed by atoms with Crippen molar-refractivity contribution in [1.29, 1.82) is 0 Å². The maximum atomic E-state index is 13.5. The number of fused-ring (bicyclic) bond motifs is 2. The summed E-state index contributed by atoms with van der Waals surface area (Å²) in [5.41, 5.74) is 4.41. The number of aromatic nitrogens is 7. The standard InChI is InChI=1S/C35H44N10O2/c1-22(2)43-17-9-12-28(43)33-40-39-31-16-13-24(21-44(31)33)47-29-15-14-27(25-10-7-8-11-26(25)29)37-34(46)38-32-18-30(35(3,4)5)41-45(32)23-19-36-42(6)20-23/h7-8,10-11,13,16,18-22,27-29H,9,12,14-15,17H2,1-6H3,(H2,37,38,46)/t27-,28-,29+/m0/s1. The number of amides is 2. The minimum atomic E-state index is -0.289. The fourth-order valence-electron chi connectivity index (χ4n) is 6.92. The Balaban J connectivity index is 1.09. The van der Waals surface area contributed by atoms with Gasteiger partial charge in [0.15, 0.2) is 11.5 Å². The third-order valence-corrected chi connectivity index (χ3v) is 9.33. The number of benzene rings is 1. The molecule has 5 aromatic rings. The lowest BCUT2D eigenvalue weighted by Gasteiger charge is -2.32. The number of carbonyl (C=O) groups is 1. The molecule has 0 spiro atoms. The van der Waals surface area contributed by atoms with Crippen molar-refractivity contribution in [2.75, 3.05) is 11.9 Å². The van der Waals surface area contributed by atoms with Crippen molar-refractivity contribution in [1.82, 2.24) is 44.4 Å². The Hall–Kier alpha value is -4.71. The highest BCUT2D eigenvalue weighted by Gasteiger charge is 2.33. The number of urea groups is 1. The number of anilines is 1. The number of aryl methyl sites for hydroxylation is 1. The van der Waals surface area contributed by atoms with Crippen molar-refractivity contribution in [3.63, 3.8) is 0 Å². The lowest BCUT2D eigenvalue weighted by molar-refractivity contribution is 0.171. The summed E-state index contributed by atoms with van der Waals surface area (Å²) in [5.74, 6) is 2.33. The molecule has 2 aliphatic rings. The first-order valence-corrected chi connectivity index (χ1v) is 16.6. The third-order valence-electron chi connectivity index (χ3n) is 9.33. The quantitative estimate of drug-likeness (QED) is 0.216. The number of nitrogens with one attached hydrogen (secondary N) is 2. The van der Waals surface area contributed by atoms with E-state index in [1.54, 1.807) is 15.6 Å². The summed E-state index contributed by atoms with van der Waals surface area (Å²) in [7, 11) is 1.86. The van der Waals surface area contributed by atoms with Gasteiger partial charge < -0.3 is 10.1 Å². The maximum Gasteiger partial charge on any atom is 0.320 e. The van der Waals surface area contributed by atoms with Crippen LogP contribution in [0.2, 0.25) is 0 Å². The number of pyridine rings is 1. The summed E-state index contributed by atoms with van der Waals surface area (Å²) in [6, 6.07) is 14.3. The molecular formula is C35H44N10O2. The minimum Gasteiger partial charge on any atom is -0.484 e. The van der Waals surface area contributed by atoms with Crippen LogP contribution in [-0.2, 0) is 12.5 Å². The van der Waals surface area contributed by atoms with E-state index in [0.29, 0.717) is 11.9 Å². The maximum absolute atomic E-state index is 13.5. The van der Waals surface area contributed by atoms with Gasteiger partial charge in [0.2, 0.25) is 0 Å². The first-order valence-electron chi connectivity index (χ1n) is 16.6. The molecular weight excluding hydrogens is 592 g/mol. The molecule has 0 radical (unpaired) electrons. The largest absolute Gasteiger partial charge is 0.484 e. The van der Waals surface area contributed by atoms with E-state index >= 15 is 0 Å². The molecule has 0 saturated carbocycles. The zero-order chi connectivity index (χ0) is 32.9. The van der Waals surface area contributed by atoms with E-state index in [0.717, 1.165) is 72.0 Å². The van der Waals surface area contributed by atoms with Crippen molar-refractivity contribution in [3.05, 3.63) is 83.7 Å². The lowest BCUT2D eigenvalue weighted by Crippen LogP contribution is -2.36. The number of hydrogen-bond donors (Lipinski definition) is 2. The summed E-state index contributed by atoms with van der Waals surface area (Å²) in [4.78, 5) is 16.0. The third kappa shape index (κ3) is 6.09. The second-order valence-electron chi connectivity index (χ2n) is 14.1. The Morgan fingerprint density at radius 2 is 1.83 bits per heavy atom. The zero-order valence-corrected chi connectivity index (χ0v) is 28.0. The van der Waals surface area contributed by atoms with Crippen LogP contribution in [0.15, 0.2) is 61.1 Å². The van der Waals surface area contributed by atoms with Crippen LogP contribution in [0, 0.1) is 0 Å². The van der Waals surface area contributed by atoms with Crippen LogP contribution >= 0.6 is 0 Å². The molecule has 4 aromatic heterocycles. The number of likely N-dealkylation sites (tertiary alicyclic amines) is 1. The summed E-state index contributed by atoms with van der Waals surface area (Å²) >= 11 is 0. The highest BCUT2D eigenvalue weighted by Crippen LogP contribution is 2.39. The van der Waals surface area contributed by atoms with Gasteiger partial charge in [-0.05, 0) is 69.3 Å². The smallest absolute Gasteiger partial charge is 0.320 e. The fraction of sp³-hybridized carbons (Fsp3) is 0.457. The van der Waals surface area contributed by atoms with E-state index in [9.17, 15) is 4.79 Å². The van der Waals surface area contributed by atoms with Crippen LogP contribution in [0.3, 0.4) is 0 Å². The Morgan fingerprint density at radius 3 is 2.57 bits per heavy atom. The highest BCUT2D eigenvalue weighted by molar-refractivity contribution is 5.89. The monoisotopic (exact) mass is 636 g/mol. The van der Waals surface area contributed by atoms with Gasteiger partial charge in [0.1, 0.15) is 23.4 Å². The molecule has 1 fully saturated rings. The first-order chi connectivity index (χ1) is 22.5. The Bertz CT molecular complexity index is 1900. The topological polar surface area (TPSA) is 119 Å². The molecule has 1 aliphatic heterocycles. The average Bonchev–Trinajstić information content (AvgIpc) is 3.84. The summed E-state index contributed by atoms with van der Waals surface area (Å²) < 4.78 is 12.2. The van der Waals surface area contributed by atoms with Crippen molar-refractivity contribution >= 4 is 17.5 Å². The Morgan fingerprint density at radius 1 is 1.02 bits per heavy atom. The first kappa shape index (κ1) is 30.9. The number of rotatable bonds is 7. The van der Waals surface area contributed by atoms with Crippen LogP contribution in [0.25, 0.3) is 11.3 Å². The predicted octanol–water partition coefficient (Wildman–Crippen LogP) is 6.27. The van der Waals surface area contributed by atoms with Crippen molar-refractivity contribution in [2.45, 2.75) is 89.9 Å². The van der Waals surface area contributed by atoms with Gasteiger partial charge in [0, 0.05) is 24.6 Å². The van der Waals surface area contributed by atoms with Crippen molar-refractivity contribution in [2.24, 2.45) is 7.05 Å². The molecule has 5 heterocycles. The van der Waals surface area contributed by atoms with Gasteiger partial charge >= 0.3 is 6.03 Å². The average molecular weight is 637 g/mol. The van der Waals surface area contributed by atoms with Crippen LogP contribution in [0.5, 0.6) is 5.75 Å². The van der Waals surface area contributed by atoms with Crippen LogP contribution in [0.1, 0.15) is 101 Å². The van der Waals surface area contributed by atoms with Gasteiger partial charge in [-0.3, -0.25) is 19.3 Å². The summed E-state index contributed by atoms with van der Waals surface area (Å²) in [6.45, 7) is 11.9. The zero-order valence-electron chi connectivity index (χ0n) is 28.0. The normalized spacial score (nSPS) is 20.1. The molecule has 47 heavy (non-hydrogen) atoms. The van der Waals surface area contributed by atoms with E-state index in [2.05, 4.69) is 82.0 Å². The van der Waals surface area contributed by atoms with Gasteiger partial charge in [-0.1, -0.05) is 45.0 Å². The van der Waals surface area contributed by atoms with E-state index in [1.165, 1.54) is 0 Å². The molecule has 0 bridgehead atoms. The number of nitrogens with zero attached hydrogens (tertiary/aromatic N) is 8. The SMILES string of the molecule is CC(C)N1CCC[C@H]1c1nnc2ccc(O[C@@H]3CC[C@H](NC(=O)Nc4cc(C(C)(C)C)nn4-c4cnn(C)c4)c4ccccc43)cn12. The number of carbonyl (C=O) groups excluding carboxylic acids is 1. The second-order valence-corrected chi connectivity index (χ2v) is 14.1. The van der Waals surface area contributed by atoms with Crippen LogP contribution < -0.4 is 15.4 Å². The van der Waals surface area contributed by atoms with Gasteiger partial charge in [-0.25, -0.2) is 9.48 Å². The van der Waals surface area contributed by atoms with Crippen LogP contribution in [-0.4, -0.2) is 57.7 Å². The van der Waals surface area contributed by atoms with E-state index in [4.69, 9.17) is 9.84 Å². The second kappa shape index (κ2) is 12.1. The highest BCUT2D eigenvalue weighted by atomic mass is 16.5. The molecule has 246 valence electrons. The lowest BCUT2D eigenvalue weighted by atomic mass is 9.85. The molecule has 2 amide bonds. The molecule has 7 rings (SSSR count). The Kier molecular flexibility index (Phi) is 7.99. The van der Waals surface area contributed by atoms with Gasteiger partial charge in [-0.2, -0.15) is 10.2 Å². The van der Waals surface area contributed by atoms with E-state index in [1.807, 2.05) is 49.8 Å². The Labute approximate surface area is 275 Å². The van der Waals surface area contributed by atoms with Gasteiger partial charge in [-0.15, -0.1) is 10.2 Å². The van der Waals surface area contributed by atoms with Crippen molar-refractivity contribution in [3.8, 4) is 11.4 Å². The van der Waals surface area contributed by atoms with E-state index in [-0.39, 0.29) is 29.6 Å². The summed E-state index contributed by atoms with van der Waals surface area (Å²) in [5, 5.41) is 24.4. The minimum absolute atomic E-state index is 0.148. The number of hydrogen-bond acceptors (Lipinski definition) is 7. The fourth-order valence-corrected chi connectivity index (χ4v) is 6.92. The summed E-state index contributed by atoms with van der Waals surface area (Å²) in [6.07, 6.45) is 9.20.